The van der Waals surface area contributed by atoms with Crippen LogP contribution in [0.5, 0.6) is 11.5 Å². The fourth-order valence-electron chi connectivity index (χ4n) is 3.04. The topological polar surface area (TPSA) is 93.7 Å². The molecule has 2 aromatic carbocycles. The highest BCUT2D eigenvalue weighted by atomic mass is 32.2. The first-order chi connectivity index (χ1) is 13.3. The van der Waals surface area contributed by atoms with E-state index in [0.717, 1.165) is 5.56 Å². The summed E-state index contributed by atoms with van der Waals surface area (Å²) in [6, 6.07) is 11.3. The second-order valence-electron chi connectivity index (χ2n) is 6.83. The van der Waals surface area contributed by atoms with Gasteiger partial charge in [-0.2, -0.15) is 0 Å². The number of nitrogens with one attached hydrogen (secondary N) is 2. The molecule has 0 saturated carbocycles. The molecule has 1 amide bonds. The van der Waals surface area contributed by atoms with Crippen molar-refractivity contribution in [3.63, 3.8) is 0 Å². The van der Waals surface area contributed by atoms with E-state index in [1.165, 1.54) is 19.2 Å². The van der Waals surface area contributed by atoms with Gasteiger partial charge in [0, 0.05) is 5.56 Å². The molecule has 2 aromatic rings. The zero-order valence-electron chi connectivity index (χ0n) is 16.1. The van der Waals surface area contributed by atoms with Gasteiger partial charge in [0.1, 0.15) is 13.2 Å². The normalized spacial score (nSPS) is 14.6. The van der Waals surface area contributed by atoms with Crippen LogP contribution in [0, 0.1) is 5.92 Å². The van der Waals surface area contributed by atoms with E-state index in [1.807, 2.05) is 32.0 Å². The van der Waals surface area contributed by atoms with E-state index in [9.17, 15) is 13.2 Å². The van der Waals surface area contributed by atoms with E-state index >= 15 is 0 Å². The second-order valence-corrected chi connectivity index (χ2v) is 8.72. The maximum atomic E-state index is 12.8. The van der Waals surface area contributed by atoms with Gasteiger partial charge in [-0.3, -0.25) is 4.79 Å². The fraction of sp³-hybridized carbons (Fsp3) is 0.350. The van der Waals surface area contributed by atoms with Crippen molar-refractivity contribution in [3.05, 3.63) is 53.6 Å². The van der Waals surface area contributed by atoms with Gasteiger partial charge in [0.2, 0.25) is 10.0 Å². The summed E-state index contributed by atoms with van der Waals surface area (Å²) in [5.74, 6) is 1.11. The summed E-state index contributed by atoms with van der Waals surface area (Å²) in [6.07, 6.45) is 0. The Bertz CT molecular complexity index is 972. The quantitative estimate of drug-likeness (QED) is 0.772. The standard InChI is InChI=1S/C20H24N2O5S/c1-13(2)19(14-7-8-17-18(12-14)27-10-9-26-17)22-20(23)15-5-4-6-16(11-15)28(24,25)21-3/h4-8,11-13,19,21H,9-10H2,1-3H3,(H,22,23). The summed E-state index contributed by atoms with van der Waals surface area (Å²) in [6.45, 7) is 5.01. The number of sulfonamides is 1. The minimum Gasteiger partial charge on any atom is -0.486 e. The van der Waals surface area contributed by atoms with Crippen molar-refractivity contribution < 1.29 is 22.7 Å². The zero-order chi connectivity index (χ0) is 20.3. The molecule has 0 spiro atoms. The van der Waals surface area contributed by atoms with Gasteiger partial charge >= 0.3 is 0 Å². The lowest BCUT2D eigenvalue weighted by Gasteiger charge is -2.25. The lowest BCUT2D eigenvalue weighted by molar-refractivity contribution is 0.0925. The zero-order valence-corrected chi connectivity index (χ0v) is 16.9. The van der Waals surface area contributed by atoms with Crippen molar-refractivity contribution in [1.29, 1.82) is 0 Å². The van der Waals surface area contributed by atoms with Crippen molar-refractivity contribution in [2.24, 2.45) is 5.92 Å². The Balaban J connectivity index is 1.85. The molecule has 0 aromatic heterocycles. The third kappa shape index (κ3) is 4.28. The van der Waals surface area contributed by atoms with Crippen LogP contribution in [-0.2, 0) is 10.0 Å². The van der Waals surface area contributed by atoms with Crippen molar-refractivity contribution in [2.45, 2.75) is 24.8 Å². The maximum Gasteiger partial charge on any atom is 0.251 e. The smallest absolute Gasteiger partial charge is 0.251 e. The fourth-order valence-corrected chi connectivity index (χ4v) is 3.81. The molecule has 1 aliphatic heterocycles. The molecule has 150 valence electrons. The first-order valence-electron chi connectivity index (χ1n) is 9.06. The molecule has 8 heteroatoms. The summed E-state index contributed by atoms with van der Waals surface area (Å²) in [4.78, 5) is 12.9. The minimum atomic E-state index is -3.62. The number of hydrogen-bond acceptors (Lipinski definition) is 5. The van der Waals surface area contributed by atoms with E-state index in [-0.39, 0.29) is 28.3 Å². The first kappa shape index (κ1) is 20.2. The van der Waals surface area contributed by atoms with Crippen LogP contribution in [0.1, 0.15) is 35.8 Å². The summed E-state index contributed by atoms with van der Waals surface area (Å²) >= 11 is 0. The van der Waals surface area contributed by atoms with E-state index < -0.39 is 10.0 Å². The van der Waals surface area contributed by atoms with Crippen molar-refractivity contribution >= 4 is 15.9 Å². The Morgan fingerprint density at radius 1 is 1.04 bits per heavy atom. The van der Waals surface area contributed by atoms with Gasteiger partial charge in [-0.1, -0.05) is 26.0 Å². The van der Waals surface area contributed by atoms with Gasteiger partial charge in [-0.25, -0.2) is 13.1 Å². The van der Waals surface area contributed by atoms with Gasteiger partial charge in [-0.05, 0) is 48.9 Å². The first-order valence-corrected chi connectivity index (χ1v) is 10.5. The molecule has 0 saturated heterocycles. The molecule has 1 aliphatic rings. The molecule has 1 heterocycles. The highest BCUT2D eigenvalue weighted by molar-refractivity contribution is 7.89. The number of benzene rings is 2. The Kier molecular flexibility index (Phi) is 5.90. The van der Waals surface area contributed by atoms with Crippen LogP contribution in [-0.4, -0.2) is 34.6 Å². The van der Waals surface area contributed by atoms with E-state index in [1.54, 1.807) is 12.1 Å². The van der Waals surface area contributed by atoms with E-state index in [2.05, 4.69) is 10.0 Å². The SMILES string of the molecule is CNS(=O)(=O)c1cccc(C(=O)NC(c2ccc3c(c2)OCCO3)C(C)C)c1. The van der Waals surface area contributed by atoms with E-state index in [4.69, 9.17) is 9.47 Å². The third-order valence-electron chi connectivity index (χ3n) is 4.55. The highest BCUT2D eigenvalue weighted by Gasteiger charge is 2.23. The lowest BCUT2D eigenvalue weighted by Crippen LogP contribution is -2.32. The predicted molar refractivity (Wildman–Crippen MR) is 105 cm³/mol. The van der Waals surface area contributed by atoms with Gasteiger partial charge in [0.15, 0.2) is 11.5 Å². The number of amides is 1. The van der Waals surface area contributed by atoms with Crippen molar-refractivity contribution in [2.75, 3.05) is 20.3 Å². The van der Waals surface area contributed by atoms with Crippen LogP contribution in [0.25, 0.3) is 0 Å². The van der Waals surface area contributed by atoms with Gasteiger partial charge in [0.05, 0.1) is 10.9 Å². The molecule has 3 rings (SSSR count). The average molecular weight is 404 g/mol. The van der Waals surface area contributed by atoms with Gasteiger partial charge in [0.25, 0.3) is 5.91 Å². The summed E-state index contributed by atoms with van der Waals surface area (Å²) in [5, 5.41) is 3.00. The summed E-state index contributed by atoms with van der Waals surface area (Å²) in [5.41, 5.74) is 1.17. The number of hydrogen-bond donors (Lipinski definition) is 2. The molecule has 1 unspecified atom stereocenters. The van der Waals surface area contributed by atoms with Crippen LogP contribution < -0.4 is 19.5 Å². The molecule has 2 N–H and O–H groups in total. The largest absolute Gasteiger partial charge is 0.486 e. The minimum absolute atomic E-state index is 0.0445. The monoisotopic (exact) mass is 404 g/mol. The second kappa shape index (κ2) is 8.20. The number of carbonyl (C=O) groups excluding carboxylic acids is 1. The van der Waals surface area contributed by atoms with Crippen molar-refractivity contribution in [3.8, 4) is 11.5 Å². The molecule has 0 fully saturated rings. The lowest BCUT2D eigenvalue weighted by atomic mass is 9.95. The number of fused-ring (bicyclic) bond motifs is 1. The van der Waals surface area contributed by atoms with Gasteiger partial charge in [-0.15, -0.1) is 0 Å². The number of ether oxygens (including phenoxy) is 2. The maximum absolute atomic E-state index is 12.8. The predicted octanol–water partition coefficient (Wildman–Crippen LogP) is 2.49. The van der Waals surface area contributed by atoms with Crippen LogP contribution >= 0.6 is 0 Å². The molecular formula is C20H24N2O5S. The summed E-state index contributed by atoms with van der Waals surface area (Å²) < 4.78 is 37.4. The molecule has 7 nitrogen and oxygen atoms in total. The molecule has 0 aliphatic carbocycles. The Morgan fingerprint density at radius 2 is 1.75 bits per heavy atom. The Labute approximate surface area is 165 Å². The van der Waals surface area contributed by atoms with Crippen LogP contribution in [0.15, 0.2) is 47.4 Å². The Morgan fingerprint density at radius 3 is 2.43 bits per heavy atom. The molecule has 0 bridgehead atoms. The molecule has 28 heavy (non-hydrogen) atoms. The highest BCUT2D eigenvalue weighted by Crippen LogP contribution is 2.34. The third-order valence-corrected chi connectivity index (χ3v) is 5.97. The van der Waals surface area contributed by atoms with Crippen LogP contribution in [0.3, 0.4) is 0 Å². The molecule has 0 radical (unpaired) electrons. The average Bonchev–Trinajstić information content (AvgIpc) is 2.71. The summed E-state index contributed by atoms with van der Waals surface area (Å²) in [7, 11) is -2.29. The molecular weight excluding hydrogens is 380 g/mol. The van der Waals surface area contributed by atoms with Crippen molar-refractivity contribution in [1.82, 2.24) is 10.0 Å². The number of rotatable bonds is 6. The van der Waals surface area contributed by atoms with E-state index in [0.29, 0.717) is 24.7 Å². The van der Waals surface area contributed by atoms with Crippen LogP contribution in [0.2, 0.25) is 0 Å². The van der Waals surface area contributed by atoms with Crippen LogP contribution in [0.4, 0.5) is 0 Å². The molecule has 1 atom stereocenters. The number of carbonyl (C=O) groups is 1. The Hall–Kier alpha value is -2.58. The van der Waals surface area contributed by atoms with Gasteiger partial charge < -0.3 is 14.8 Å².